The molecule has 2 amide bonds. The summed E-state index contributed by atoms with van der Waals surface area (Å²) in [4.78, 5) is 33.5. The second kappa shape index (κ2) is 9.20. The summed E-state index contributed by atoms with van der Waals surface area (Å²) in [7, 11) is 0. The molecule has 0 spiro atoms. The summed E-state index contributed by atoms with van der Waals surface area (Å²) in [6.07, 6.45) is 5.84. The zero-order chi connectivity index (χ0) is 18.2. The number of hydrogen-bond donors (Lipinski definition) is 3. The van der Waals surface area contributed by atoms with Crippen molar-refractivity contribution < 1.29 is 9.59 Å². The van der Waals surface area contributed by atoms with Gasteiger partial charge in [-0.15, -0.1) is 22.7 Å². The van der Waals surface area contributed by atoms with E-state index in [1.165, 1.54) is 0 Å². The van der Waals surface area contributed by atoms with Gasteiger partial charge in [-0.05, 0) is 13.0 Å². The molecule has 3 N–H and O–H groups in total. The van der Waals surface area contributed by atoms with Crippen molar-refractivity contribution in [2.45, 2.75) is 25.7 Å². The molecule has 0 radical (unpaired) electrons. The lowest BCUT2D eigenvalue weighted by molar-refractivity contribution is -0.135. The number of nitrogens with one attached hydrogen (secondary N) is 3. The number of hydrogen-bond acceptors (Lipinski definition) is 7. The van der Waals surface area contributed by atoms with Gasteiger partial charge < -0.3 is 16.0 Å². The fourth-order valence-corrected chi connectivity index (χ4v) is 4.31. The minimum absolute atomic E-state index is 0.0471. The molecule has 26 heavy (non-hydrogen) atoms. The van der Waals surface area contributed by atoms with Gasteiger partial charge >= 0.3 is 0 Å². The van der Waals surface area contributed by atoms with E-state index in [1.807, 2.05) is 10.8 Å². The lowest BCUT2D eigenvalue weighted by atomic mass is 9.82. The van der Waals surface area contributed by atoms with Gasteiger partial charge in [0.2, 0.25) is 11.8 Å². The Morgan fingerprint density at radius 3 is 2.27 bits per heavy atom. The summed E-state index contributed by atoms with van der Waals surface area (Å²) in [6, 6.07) is 0. The van der Waals surface area contributed by atoms with Crippen LogP contribution in [0.2, 0.25) is 0 Å². The standard InChI is InChI=1S/C17H23N5O2S2/c23-13(19-4-1-14-20-7-9-25-14)11-17(3-6-18-12-17)16(24)22-5-2-15-21-8-10-26-15/h7-10,18H,1-6,11-12H2,(H,19,23)(H,22,24). The highest BCUT2D eigenvalue weighted by Gasteiger charge is 2.42. The normalized spacial score (nSPS) is 19.4. The van der Waals surface area contributed by atoms with Gasteiger partial charge in [0.15, 0.2) is 0 Å². The van der Waals surface area contributed by atoms with E-state index < -0.39 is 5.41 Å². The number of amides is 2. The van der Waals surface area contributed by atoms with Crippen molar-refractivity contribution >= 4 is 34.5 Å². The molecule has 0 aliphatic carbocycles. The molecule has 1 fully saturated rings. The van der Waals surface area contributed by atoms with Gasteiger partial charge in [0, 0.05) is 62.1 Å². The van der Waals surface area contributed by atoms with Gasteiger partial charge in [-0.1, -0.05) is 0 Å². The van der Waals surface area contributed by atoms with Crippen LogP contribution in [0.3, 0.4) is 0 Å². The molecule has 140 valence electrons. The fraction of sp³-hybridized carbons (Fsp3) is 0.529. The molecule has 0 saturated carbocycles. The molecule has 0 bridgehead atoms. The van der Waals surface area contributed by atoms with Gasteiger partial charge in [0.1, 0.15) is 0 Å². The highest BCUT2D eigenvalue weighted by Crippen LogP contribution is 2.30. The number of nitrogens with zero attached hydrogens (tertiary/aromatic N) is 2. The summed E-state index contributed by atoms with van der Waals surface area (Å²) in [6.45, 7) is 2.38. The molecule has 3 heterocycles. The van der Waals surface area contributed by atoms with Crippen LogP contribution in [0.4, 0.5) is 0 Å². The molecule has 1 unspecified atom stereocenters. The topological polar surface area (TPSA) is 96.0 Å². The predicted octanol–water partition coefficient (Wildman–Crippen LogP) is 0.987. The van der Waals surface area contributed by atoms with E-state index in [4.69, 9.17) is 0 Å². The average molecular weight is 394 g/mol. The SMILES string of the molecule is O=C(CC1(C(=O)NCCc2nccs2)CCNC1)NCCc1nccs1. The van der Waals surface area contributed by atoms with Crippen molar-refractivity contribution in [2.24, 2.45) is 5.41 Å². The molecule has 9 heteroatoms. The molecular weight excluding hydrogens is 370 g/mol. The van der Waals surface area contributed by atoms with E-state index >= 15 is 0 Å². The Balaban J connectivity index is 1.46. The third-order valence-electron chi connectivity index (χ3n) is 4.48. The first-order valence-corrected chi connectivity index (χ1v) is 10.5. The molecule has 7 nitrogen and oxygen atoms in total. The van der Waals surface area contributed by atoms with Gasteiger partial charge in [-0.3, -0.25) is 9.59 Å². The van der Waals surface area contributed by atoms with E-state index in [0.717, 1.165) is 16.6 Å². The van der Waals surface area contributed by atoms with E-state index in [1.54, 1.807) is 35.1 Å². The largest absolute Gasteiger partial charge is 0.356 e. The maximum atomic E-state index is 12.7. The van der Waals surface area contributed by atoms with Gasteiger partial charge in [-0.2, -0.15) is 0 Å². The predicted molar refractivity (Wildman–Crippen MR) is 102 cm³/mol. The minimum Gasteiger partial charge on any atom is -0.356 e. The monoisotopic (exact) mass is 393 g/mol. The molecule has 1 aliphatic heterocycles. The van der Waals surface area contributed by atoms with Crippen LogP contribution in [0, 0.1) is 5.41 Å². The third-order valence-corrected chi connectivity index (χ3v) is 6.16. The Bertz CT molecular complexity index is 697. The lowest BCUT2D eigenvalue weighted by Gasteiger charge is -2.26. The molecule has 2 aromatic heterocycles. The van der Waals surface area contributed by atoms with E-state index in [2.05, 4.69) is 25.9 Å². The van der Waals surface area contributed by atoms with Crippen LogP contribution in [0.25, 0.3) is 0 Å². The molecule has 0 aromatic carbocycles. The summed E-state index contributed by atoms with van der Waals surface area (Å²) in [5.41, 5.74) is -0.659. The Hall–Kier alpha value is -1.84. The van der Waals surface area contributed by atoms with Crippen LogP contribution in [0.15, 0.2) is 23.2 Å². The van der Waals surface area contributed by atoms with E-state index in [9.17, 15) is 9.59 Å². The maximum Gasteiger partial charge on any atom is 0.228 e. The van der Waals surface area contributed by atoms with Crippen LogP contribution in [-0.4, -0.2) is 48.0 Å². The number of carbonyl (C=O) groups is 2. The summed E-state index contributed by atoms with van der Waals surface area (Å²) in [5, 5.41) is 15.0. The van der Waals surface area contributed by atoms with Crippen molar-refractivity contribution in [3.63, 3.8) is 0 Å². The van der Waals surface area contributed by atoms with Gasteiger partial charge in [-0.25, -0.2) is 9.97 Å². The molecule has 2 aromatic rings. The van der Waals surface area contributed by atoms with Crippen molar-refractivity contribution in [1.29, 1.82) is 0 Å². The Labute approximate surface area is 160 Å². The van der Waals surface area contributed by atoms with Crippen molar-refractivity contribution in [1.82, 2.24) is 25.9 Å². The first-order valence-electron chi connectivity index (χ1n) is 8.70. The number of rotatable bonds is 9. The Morgan fingerprint density at radius 2 is 1.73 bits per heavy atom. The van der Waals surface area contributed by atoms with Crippen LogP contribution in [0.1, 0.15) is 22.9 Å². The van der Waals surface area contributed by atoms with Crippen molar-refractivity contribution in [2.75, 3.05) is 26.2 Å². The Kier molecular flexibility index (Phi) is 6.70. The smallest absolute Gasteiger partial charge is 0.228 e. The zero-order valence-electron chi connectivity index (χ0n) is 14.5. The molecule has 1 saturated heterocycles. The molecule has 1 aliphatic rings. The van der Waals surface area contributed by atoms with Crippen LogP contribution in [-0.2, 0) is 22.4 Å². The van der Waals surface area contributed by atoms with Crippen LogP contribution in [0.5, 0.6) is 0 Å². The summed E-state index contributed by atoms with van der Waals surface area (Å²) in [5.74, 6) is -0.130. The number of thiazole rings is 2. The maximum absolute atomic E-state index is 12.7. The number of carbonyl (C=O) groups excluding carboxylic acids is 2. The number of aromatic nitrogens is 2. The average Bonchev–Trinajstić information content (AvgIpc) is 3.38. The first kappa shape index (κ1) is 18.9. The third kappa shape index (κ3) is 5.09. The van der Waals surface area contributed by atoms with E-state index in [0.29, 0.717) is 38.9 Å². The molecular formula is C17H23N5O2S2. The van der Waals surface area contributed by atoms with Crippen LogP contribution < -0.4 is 16.0 Å². The second-order valence-electron chi connectivity index (χ2n) is 6.34. The summed E-state index contributed by atoms with van der Waals surface area (Å²) >= 11 is 3.16. The van der Waals surface area contributed by atoms with Crippen LogP contribution >= 0.6 is 22.7 Å². The van der Waals surface area contributed by atoms with Crippen molar-refractivity contribution in [3.05, 3.63) is 33.2 Å². The second-order valence-corrected chi connectivity index (χ2v) is 8.30. The van der Waals surface area contributed by atoms with Crippen molar-refractivity contribution in [3.8, 4) is 0 Å². The highest BCUT2D eigenvalue weighted by molar-refractivity contribution is 7.09. The lowest BCUT2D eigenvalue weighted by Crippen LogP contribution is -2.46. The van der Waals surface area contributed by atoms with Gasteiger partial charge in [0.05, 0.1) is 15.4 Å². The highest BCUT2D eigenvalue weighted by atomic mass is 32.1. The quantitative estimate of drug-likeness (QED) is 0.590. The zero-order valence-corrected chi connectivity index (χ0v) is 16.1. The Morgan fingerprint density at radius 1 is 1.08 bits per heavy atom. The molecule has 1 atom stereocenters. The van der Waals surface area contributed by atoms with Gasteiger partial charge in [0.25, 0.3) is 0 Å². The fourth-order valence-electron chi connectivity index (χ4n) is 3.07. The first-order chi connectivity index (χ1) is 12.7. The molecule has 3 rings (SSSR count). The van der Waals surface area contributed by atoms with E-state index in [-0.39, 0.29) is 18.2 Å². The minimum atomic E-state index is -0.659. The summed E-state index contributed by atoms with van der Waals surface area (Å²) < 4.78 is 0.